The van der Waals surface area contributed by atoms with E-state index in [2.05, 4.69) is 28.9 Å². The van der Waals surface area contributed by atoms with Gasteiger partial charge >= 0.3 is 6.92 Å². The second kappa shape index (κ2) is 8.30. The van der Waals surface area contributed by atoms with Crippen LogP contribution in [0, 0.1) is 5.41 Å². The lowest BCUT2D eigenvalue weighted by molar-refractivity contribution is 0.148. The number of aliphatic hydroxyl groups is 1. The van der Waals surface area contributed by atoms with Crippen molar-refractivity contribution in [2.75, 3.05) is 13.4 Å². The maximum Gasteiger partial charge on any atom is 0.344 e. The smallest absolute Gasteiger partial charge is 0.344 e. The average Bonchev–Trinajstić information content (AvgIpc) is 2.94. The highest BCUT2D eigenvalue weighted by Crippen LogP contribution is 2.27. The summed E-state index contributed by atoms with van der Waals surface area (Å²) in [5.74, 6) is 2.24. The molecule has 0 aromatic heterocycles. The lowest BCUT2D eigenvalue weighted by atomic mass is 9.58. The van der Waals surface area contributed by atoms with Crippen LogP contribution in [0.2, 0.25) is 0 Å². The van der Waals surface area contributed by atoms with Crippen molar-refractivity contribution in [2.45, 2.75) is 31.3 Å². The first-order chi connectivity index (χ1) is 11.4. The van der Waals surface area contributed by atoms with Gasteiger partial charge in [-0.2, -0.15) is 0 Å². The summed E-state index contributed by atoms with van der Waals surface area (Å²) in [6, 6.07) is 0. The van der Waals surface area contributed by atoms with Crippen LogP contribution in [-0.4, -0.2) is 48.3 Å². The summed E-state index contributed by atoms with van der Waals surface area (Å²) in [7, 11) is 1.47. The average molecular weight is 350 g/mol. The number of nitrogens with zero attached hydrogens (tertiary/aromatic N) is 1. The van der Waals surface area contributed by atoms with Gasteiger partial charge in [-0.05, 0) is 19.1 Å². The maximum absolute atomic E-state index is 9.35. The summed E-state index contributed by atoms with van der Waals surface area (Å²) < 4.78 is 6.01. The van der Waals surface area contributed by atoms with E-state index >= 15 is 0 Å². The van der Waals surface area contributed by atoms with E-state index in [1.165, 1.54) is 18.9 Å². The Balaban J connectivity index is 2.09. The van der Waals surface area contributed by atoms with Gasteiger partial charge < -0.3 is 25.2 Å². The Morgan fingerprint density at radius 1 is 1.62 bits per heavy atom. The molecule has 0 saturated carbocycles. The molecule has 1 fully saturated rings. The summed E-state index contributed by atoms with van der Waals surface area (Å²) in [5.41, 5.74) is 1.76. The van der Waals surface area contributed by atoms with E-state index in [0.29, 0.717) is 17.8 Å². The quantitative estimate of drug-likeness (QED) is 0.192. The highest BCUT2D eigenvalue weighted by atomic mass is 32.2. The summed E-state index contributed by atoms with van der Waals surface area (Å²) >= 11 is 1.28. The molecule has 24 heavy (non-hydrogen) atoms. The third kappa shape index (κ3) is 4.58. The summed E-state index contributed by atoms with van der Waals surface area (Å²) in [6.07, 6.45) is 3.99. The summed E-state index contributed by atoms with van der Waals surface area (Å²) in [4.78, 5) is 4.92. The van der Waals surface area contributed by atoms with Gasteiger partial charge in [0.1, 0.15) is 12.8 Å². The molecule has 0 bridgehead atoms. The van der Waals surface area contributed by atoms with E-state index in [0.717, 1.165) is 18.5 Å². The van der Waals surface area contributed by atoms with Crippen LogP contribution in [0.5, 0.6) is 0 Å². The molecule has 0 amide bonds. The van der Waals surface area contributed by atoms with Crippen molar-refractivity contribution in [3.63, 3.8) is 0 Å². The third-order valence-corrected chi connectivity index (χ3v) is 4.38. The minimum atomic E-state index is -0.104. The fourth-order valence-electron chi connectivity index (χ4n) is 2.80. The van der Waals surface area contributed by atoms with Crippen molar-refractivity contribution in [1.29, 1.82) is 5.41 Å². The standard InChI is InChI=1S/C15H23BN4O3S/c1-9(21)7-11-5-6-13-16(23-11)8-12(19-13)14(20-22-3)10(2)18-15(17)24-4/h8,11,13,19,21H,1-2,5-7H2,3-4H3,(H2,17,18)/b20-14-. The monoisotopic (exact) mass is 350 g/mol. The number of amidine groups is 1. The number of fused-ring (bicyclic) bond motifs is 1. The Morgan fingerprint density at radius 2 is 2.38 bits per heavy atom. The first-order valence-corrected chi connectivity index (χ1v) is 8.88. The number of nitrogens with one attached hydrogen (secondary N) is 3. The van der Waals surface area contributed by atoms with E-state index in [1.54, 1.807) is 6.26 Å². The fourth-order valence-corrected chi connectivity index (χ4v) is 3.03. The number of hydrogen-bond acceptors (Lipinski definition) is 7. The molecule has 0 aromatic rings. The van der Waals surface area contributed by atoms with Gasteiger partial charge in [-0.25, -0.2) is 0 Å². The second-order valence-corrected chi connectivity index (χ2v) is 6.48. The molecule has 130 valence electrons. The minimum Gasteiger partial charge on any atom is -0.513 e. The molecule has 9 heteroatoms. The molecule has 7 nitrogen and oxygen atoms in total. The van der Waals surface area contributed by atoms with E-state index in [1.807, 2.05) is 5.98 Å². The first-order valence-electron chi connectivity index (χ1n) is 7.65. The lowest BCUT2D eigenvalue weighted by Crippen LogP contribution is -2.45. The predicted octanol–water partition coefficient (Wildman–Crippen LogP) is 1.96. The zero-order chi connectivity index (χ0) is 17.7. The van der Waals surface area contributed by atoms with E-state index in [9.17, 15) is 5.11 Å². The first kappa shape index (κ1) is 18.5. The topological polar surface area (TPSA) is 99.0 Å². The number of rotatable bonds is 6. The Morgan fingerprint density at radius 3 is 3.00 bits per heavy atom. The largest absolute Gasteiger partial charge is 0.513 e. The number of oxime groups is 1. The molecule has 2 rings (SSSR count). The van der Waals surface area contributed by atoms with Gasteiger partial charge in [0.25, 0.3) is 0 Å². The van der Waals surface area contributed by atoms with E-state index in [4.69, 9.17) is 14.9 Å². The van der Waals surface area contributed by atoms with Crippen molar-refractivity contribution in [3.8, 4) is 0 Å². The van der Waals surface area contributed by atoms with Crippen molar-refractivity contribution in [3.05, 3.63) is 36.3 Å². The van der Waals surface area contributed by atoms with Crippen LogP contribution < -0.4 is 10.6 Å². The van der Waals surface area contributed by atoms with Crippen LogP contribution in [-0.2, 0) is 9.49 Å². The summed E-state index contributed by atoms with van der Waals surface area (Å²) in [6.45, 7) is 7.36. The van der Waals surface area contributed by atoms with Crippen LogP contribution in [0.4, 0.5) is 0 Å². The number of aliphatic hydroxyl groups excluding tert-OH is 1. The van der Waals surface area contributed by atoms with Crippen molar-refractivity contribution < 1.29 is 14.6 Å². The molecule has 2 aliphatic rings. The van der Waals surface area contributed by atoms with E-state index < -0.39 is 0 Å². The van der Waals surface area contributed by atoms with Crippen LogP contribution in [0.1, 0.15) is 19.3 Å². The Labute approximate surface area is 146 Å². The van der Waals surface area contributed by atoms with Gasteiger partial charge in [-0.1, -0.05) is 36.1 Å². The zero-order valence-corrected chi connectivity index (χ0v) is 14.8. The molecule has 1 saturated heterocycles. The maximum atomic E-state index is 9.35. The van der Waals surface area contributed by atoms with Crippen molar-refractivity contribution in [1.82, 2.24) is 10.6 Å². The molecule has 0 radical (unpaired) electrons. The third-order valence-electron chi connectivity index (χ3n) is 3.87. The van der Waals surface area contributed by atoms with E-state index in [-0.39, 0.29) is 29.9 Å². The zero-order valence-electron chi connectivity index (χ0n) is 14.0. The number of thioether (sulfide) groups is 1. The highest BCUT2D eigenvalue weighted by molar-refractivity contribution is 8.13. The van der Waals surface area contributed by atoms with Crippen LogP contribution in [0.15, 0.2) is 41.4 Å². The van der Waals surface area contributed by atoms with Gasteiger partial charge in [0.15, 0.2) is 5.17 Å². The Hall–Kier alpha value is -1.87. The molecule has 2 aliphatic heterocycles. The minimum absolute atomic E-state index is 0.0324. The lowest BCUT2D eigenvalue weighted by Gasteiger charge is -2.30. The van der Waals surface area contributed by atoms with Gasteiger partial charge in [0, 0.05) is 18.5 Å². The van der Waals surface area contributed by atoms with Crippen LogP contribution in [0.25, 0.3) is 0 Å². The predicted molar refractivity (Wildman–Crippen MR) is 99.2 cm³/mol. The molecular formula is C15H23BN4O3S. The van der Waals surface area contributed by atoms with Gasteiger partial charge in [-0.3, -0.25) is 5.41 Å². The fraction of sp³-hybridized carbons (Fsp3) is 0.467. The Kier molecular flexibility index (Phi) is 6.39. The molecule has 0 aromatic carbocycles. The second-order valence-electron chi connectivity index (χ2n) is 5.66. The normalized spacial score (nSPS) is 23.0. The molecule has 4 N–H and O–H groups in total. The summed E-state index contributed by atoms with van der Waals surface area (Å²) in [5, 5.41) is 27.6. The highest BCUT2D eigenvalue weighted by Gasteiger charge is 2.40. The van der Waals surface area contributed by atoms with Crippen molar-refractivity contribution >= 4 is 29.6 Å². The molecule has 2 unspecified atom stereocenters. The number of hydrogen-bond donors (Lipinski definition) is 4. The molecule has 2 atom stereocenters. The molecule has 2 heterocycles. The SMILES string of the molecule is C=C(O)CC1CCC2NC(/C(=N\OC)C(=C)NC(=N)SC)=CB2O1. The molecule has 0 spiro atoms. The molecular weight excluding hydrogens is 327 g/mol. The van der Waals surface area contributed by atoms with Crippen LogP contribution in [0.3, 0.4) is 0 Å². The van der Waals surface area contributed by atoms with Gasteiger partial charge in [0.05, 0.1) is 17.2 Å². The Bertz CT molecular complexity index is 593. The molecule has 0 aliphatic carbocycles. The van der Waals surface area contributed by atoms with Gasteiger partial charge in [-0.15, -0.1) is 0 Å². The van der Waals surface area contributed by atoms with Gasteiger partial charge in [0.2, 0.25) is 0 Å². The van der Waals surface area contributed by atoms with Crippen LogP contribution >= 0.6 is 11.8 Å². The van der Waals surface area contributed by atoms with Crippen molar-refractivity contribution in [2.24, 2.45) is 5.16 Å².